The molecule has 1 aromatic heterocycles. The highest BCUT2D eigenvalue weighted by molar-refractivity contribution is 6.29. The second-order valence-electron chi connectivity index (χ2n) is 5.79. The summed E-state index contributed by atoms with van der Waals surface area (Å²) < 4.78 is 5.42. The molecule has 2 aliphatic rings. The average Bonchev–Trinajstić information content (AvgIpc) is 3.01. The molecule has 1 atom stereocenters. The number of primary amides is 1. The van der Waals surface area contributed by atoms with Gasteiger partial charge < -0.3 is 15.4 Å². The first-order valence-electron chi connectivity index (χ1n) is 7.51. The second-order valence-corrected chi connectivity index (χ2v) is 6.17. The zero-order chi connectivity index (χ0) is 15.5. The molecule has 3 rings (SSSR count). The summed E-state index contributed by atoms with van der Waals surface area (Å²) in [6.45, 7) is 6.27. The van der Waals surface area contributed by atoms with Gasteiger partial charge in [0, 0.05) is 39.3 Å². The van der Waals surface area contributed by atoms with Crippen LogP contribution >= 0.6 is 11.6 Å². The lowest BCUT2D eigenvalue weighted by Crippen LogP contribution is -2.48. The van der Waals surface area contributed by atoms with Crippen LogP contribution in [0.5, 0.6) is 0 Å². The van der Waals surface area contributed by atoms with Crippen molar-refractivity contribution >= 4 is 23.3 Å². The zero-order valence-electron chi connectivity index (χ0n) is 12.4. The van der Waals surface area contributed by atoms with Gasteiger partial charge in [-0.05, 0) is 18.4 Å². The van der Waals surface area contributed by atoms with Crippen LogP contribution in [-0.2, 0) is 4.74 Å². The Labute approximate surface area is 134 Å². The van der Waals surface area contributed by atoms with Gasteiger partial charge in [-0.15, -0.1) is 10.2 Å². The van der Waals surface area contributed by atoms with Crippen molar-refractivity contribution in [1.82, 2.24) is 15.1 Å². The molecule has 7 nitrogen and oxygen atoms in total. The van der Waals surface area contributed by atoms with E-state index in [2.05, 4.69) is 15.1 Å². The number of carbonyl (C=O) groups is 1. The minimum Gasteiger partial charge on any atom is -0.381 e. The fraction of sp³-hybridized carbons (Fsp3) is 0.643. The number of amides is 1. The number of hydrogen-bond donors (Lipinski definition) is 1. The molecule has 2 N–H and O–H groups in total. The first-order valence-corrected chi connectivity index (χ1v) is 7.89. The maximum Gasteiger partial charge on any atom is 0.252 e. The summed E-state index contributed by atoms with van der Waals surface area (Å²) in [5.41, 5.74) is 5.74. The molecule has 2 fully saturated rings. The maximum atomic E-state index is 11.6. The van der Waals surface area contributed by atoms with E-state index in [0.717, 1.165) is 52.4 Å². The molecule has 0 radical (unpaired) electrons. The lowest BCUT2D eigenvalue weighted by molar-refractivity contribution is 0.1000. The van der Waals surface area contributed by atoms with Crippen molar-refractivity contribution in [3.8, 4) is 0 Å². The smallest absolute Gasteiger partial charge is 0.252 e. The van der Waals surface area contributed by atoms with Gasteiger partial charge in [-0.1, -0.05) is 11.6 Å². The molecule has 120 valence electrons. The summed E-state index contributed by atoms with van der Waals surface area (Å²) in [6, 6.07) is 1.48. The Bertz CT molecular complexity index is 542. The number of nitrogens with two attached hydrogens (primary N) is 1. The summed E-state index contributed by atoms with van der Waals surface area (Å²) in [7, 11) is 0. The molecule has 22 heavy (non-hydrogen) atoms. The van der Waals surface area contributed by atoms with Gasteiger partial charge in [0.15, 0.2) is 11.0 Å². The van der Waals surface area contributed by atoms with Crippen LogP contribution in [0.4, 0.5) is 5.82 Å². The van der Waals surface area contributed by atoms with Gasteiger partial charge in [0.05, 0.1) is 12.2 Å². The van der Waals surface area contributed by atoms with Crippen molar-refractivity contribution in [2.45, 2.75) is 6.42 Å². The third-order valence-corrected chi connectivity index (χ3v) is 4.41. The van der Waals surface area contributed by atoms with E-state index in [4.69, 9.17) is 22.1 Å². The van der Waals surface area contributed by atoms with E-state index in [9.17, 15) is 4.79 Å². The van der Waals surface area contributed by atoms with Gasteiger partial charge in [0.25, 0.3) is 5.91 Å². The second kappa shape index (κ2) is 6.76. The summed E-state index contributed by atoms with van der Waals surface area (Å²) in [5.74, 6) is 0.640. The molecule has 2 aliphatic heterocycles. The molecule has 3 heterocycles. The van der Waals surface area contributed by atoms with E-state index in [1.165, 1.54) is 6.07 Å². The largest absolute Gasteiger partial charge is 0.381 e. The number of anilines is 1. The molecule has 8 heteroatoms. The van der Waals surface area contributed by atoms with Crippen molar-refractivity contribution in [3.63, 3.8) is 0 Å². The van der Waals surface area contributed by atoms with Gasteiger partial charge in [-0.2, -0.15) is 0 Å². The number of piperazine rings is 1. The topological polar surface area (TPSA) is 84.6 Å². The van der Waals surface area contributed by atoms with Gasteiger partial charge >= 0.3 is 0 Å². The number of ether oxygens (including phenoxy) is 1. The molecule has 2 saturated heterocycles. The molecular weight excluding hydrogens is 306 g/mol. The van der Waals surface area contributed by atoms with Crippen LogP contribution in [0.25, 0.3) is 0 Å². The van der Waals surface area contributed by atoms with E-state index in [-0.39, 0.29) is 5.15 Å². The molecule has 1 unspecified atom stereocenters. The van der Waals surface area contributed by atoms with E-state index in [1.807, 2.05) is 4.90 Å². The lowest BCUT2D eigenvalue weighted by Gasteiger charge is -2.36. The first-order chi connectivity index (χ1) is 10.6. The Morgan fingerprint density at radius 3 is 2.77 bits per heavy atom. The Hall–Kier alpha value is -1.44. The molecule has 0 aromatic carbocycles. The highest BCUT2D eigenvalue weighted by atomic mass is 35.5. The molecule has 0 spiro atoms. The predicted octanol–water partition coefficient (Wildman–Crippen LogP) is 0.387. The molecule has 1 aromatic rings. The normalized spacial score (nSPS) is 23.0. The van der Waals surface area contributed by atoms with Crippen LogP contribution in [-0.4, -0.2) is 66.9 Å². The minimum absolute atomic E-state index is 0.178. The van der Waals surface area contributed by atoms with Crippen molar-refractivity contribution in [1.29, 1.82) is 0 Å². The van der Waals surface area contributed by atoms with E-state index in [0.29, 0.717) is 17.3 Å². The van der Waals surface area contributed by atoms with Gasteiger partial charge in [0.1, 0.15) is 0 Å². The summed E-state index contributed by atoms with van der Waals surface area (Å²) in [6.07, 6.45) is 1.15. The van der Waals surface area contributed by atoms with Crippen LogP contribution in [0, 0.1) is 5.92 Å². The fourth-order valence-electron chi connectivity index (χ4n) is 3.01. The predicted molar refractivity (Wildman–Crippen MR) is 83.1 cm³/mol. The molecule has 0 saturated carbocycles. The number of hydrogen-bond acceptors (Lipinski definition) is 6. The van der Waals surface area contributed by atoms with Crippen LogP contribution in [0.1, 0.15) is 16.8 Å². The number of nitrogens with zero attached hydrogens (tertiary/aromatic N) is 4. The maximum absolute atomic E-state index is 11.6. The van der Waals surface area contributed by atoms with Crippen molar-refractivity contribution in [3.05, 3.63) is 16.8 Å². The van der Waals surface area contributed by atoms with Gasteiger partial charge in [-0.25, -0.2) is 0 Å². The van der Waals surface area contributed by atoms with E-state index in [1.54, 1.807) is 0 Å². The third-order valence-electron chi connectivity index (χ3n) is 4.22. The number of rotatable bonds is 4. The Kier molecular flexibility index (Phi) is 4.75. The van der Waals surface area contributed by atoms with Crippen LogP contribution < -0.4 is 10.6 Å². The van der Waals surface area contributed by atoms with Gasteiger partial charge in [0.2, 0.25) is 0 Å². The fourth-order valence-corrected chi connectivity index (χ4v) is 3.16. The number of carbonyl (C=O) groups excluding carboxylic acids is 1. The molecule has 0 bridgehead atoms. The number of aromatic nitrogens is 2. The molecule has 1 amide bonds. The van der Waals surface area contributed by atoms with Crippen LogP contribution in [0.2, 0.25) is 5.15 Å². The minimum atomic E-state index is -0.530. The summed E-state index contributed by atoms with van der Waals surface area (Å²) in [4.78, 5) is 16.0. The third kappa shape index (κ3) is 3.48. The molecule has 0 aliphatic carbocycles. The van der Waals surface area contributed by atoms with E-state index < -0.39 is 5.91 Å². The summed E-state index contributed by atoms with van der Waals surface area (Å²) >= 11 is 5.80. The Morgan fingerprint density at radius 2 is 2.14 bits per heavy atom. The quantitative estimate of drug-likeness (QED) is 0.862. The van der Waals surface area contributed by atoms with Crippen molar-refractivity contribution in [2.24, 2.45) is 11.7 Å². The Morgan fingerprint density at radius 1 is 1.36 bits per heavy atom. The van der Waals surface area contributed by atoms with Crippen molar-refractivity contribution < 1.29 is 9.53 Å². The Balaban J connectivity index is 1.62. The standard InChI is InChI=1S/C14H20ClN5O2/c15-12-7-11(13(16)21)14(18-17-12)20-4-2-19(3-5-20)8-10-1-6-22-9-10/h7,10H,1-6,8-9H2,(H2,16,21). The van der Waals surface area contributed by atoms with Gasteiger partial charge in [-0.3, -0.25) is 9.69 Å². The first kappa shape index (κ1) is 15.5. The SMILES string of the molecule is NC(=O)c1cc(Cl)nnc1N1CCN(CC2CCOC2)CC1. The highest BCUT2D eigenvalue weighted by Crippen LogP contribution is 2.21. The zero-order valence-corrected chi connectivity index (χ0v) is 13.1. The summed E-state index contributed by atoms with van der Waals surface area (Å²) in [5, 5.41) is 8.07. The number of halogens is 1. The van der Waals surface area contributed by atoms with Crippen molar-refractivity contribution in [2.75, 3.05) is 50.8 Å². The van der Waals surface area contributed by atoms with E-state index >= 15 is 0 Å². The molecular formula is C14H20ClN5O2. The highest BCUT2D eigenvalue weighted by Gasteiger charge is 2.25. The monoisotopic (exact) mass is 325 g/mol. The lowest BCUT2D eigenvalue weighted by atomic mass is 10.1. The van der Waals surface area contributed by atoms with Crippen LogP contribution in [0.15, 0.2) is 6.07 Å². The average molecular weight is 326 g/mol. The van der Waals surface area contributed by atoms with Crippen LogP contribution in [0.3, 0.4) is 0 Å².